The van der Waals surface area contributed by atoms with E-state index in [-0.39, 0.29) is 18.8 Å². The molecular weight excluding hydrogens is 332 g/mol. The molecule has 2 nitrogen and oxygen atoms in total. The lowest BCUT2D eigenvalue weighted by atomic mass is 10.1. The summed E-state index contributed by atoms with van der Waals surface area (Å²) >= 11 is 1.81. The molecule has 1 aliphatic heterocycles. The standard InChI is InChI=1S/C10H10F3IN2/c11-7-4-9(15-5-8(7)14)16-3-1-2-10(12,13)6-16/h4-5H,1-3,6H2. The van der Waals surface area contributed by atoms with Crippen LogP contribution in [0.5, 0.6) is 0 Å². The Labute approximate surface area is 105 Å². The monoisotopic (exact) mass is 342 g/mol. The van der Waals surface area contributed by atoms with Gasteiger partial charge in [-0.2, -0.15) is 0 Å². The number of halogens is 4. The molecule has 16 heavy (non-hydrogen) atoms. The van der Waals surface area contributed by atoms with Crippen molar-refractivity contribution in [3.63, 3.8) is 0 Å². The number of piperidine rings is 1. The van der Waals surface area contributed by atoms with Crippen molar-refractivity contribution in [2.24, 2.45) is 0 Å². The predicted octanol–water partition coefficient (Wildman–Crippen LogP) is 3.06. The minimum atomic E-state index is -2.70. The van der Waals surface area contributed by atoms with Crippen LogP contribution in [-0.4, -0.2) is 24.0 Å². The van der Waals surface area contributed by atoms with Crippen molar-refractivity contribution in [3.8, 4) is 0 Å². The Morgan fingerprint density at radius 1 is 1.44 bits per heavy atom. The first-order valence-corrected chi connectivity index (χ1v) is 6.00. The normalized spacial score (nSPS) is 19.9. The zero-order valence-electron chi connectivity index (χ0n) is 8.39. The summed E-state index contributed by atoms with van der Waals surface area (Å²) in [5, 5.41) is 0. The maximum Gasteiger partial charge on any atom is 0.265 e. The van der Waals surface area contributed by atoms with E-state index in [4.69, 9.17) is 0 Å². The smallest absolute Gasteiger partial charge is 0.265 e. The molecule has 6 heteroatoms. The molecule has 1 aliphatic rings. The van der Waals surface area contributed by atoms with E-state index in [9.17, 15) is 13.2 Å². The largest absolute Gasteiger partial charge is 0.350 e. The molecule has 0 bridgehead atoms. The van der Waals surface area contributed by atoms with E-state index < -0.39 is 11.7 Å². The summed E-state index contributed by atoms with van der Waals surface area (Å²) in [6.07, 6.45) is 1.66. The average Bonchev–Trinajstić information content (AvgIpc) is 2.20. The fourth-order valence-electron chi connectivity index (χ4n) is 1.74. The second-order valence-corrected chi connectivity index (χ2v) is 5.00. The Balaban J connectivity index is 2.20. The average molecular weight is 342 g/mol. The summed E-state index contributed by atoms with van der Waals surface area (Å²) in [5.74, 6) is -2.82. The zero-order chi connectivity index (χ0) is 11.8. The van der Waals surface area contributed by atoms with Crippen LogP contribution in [0.1, 0.15) is 12.8 Å². The number of aromatic nitrogens is 1. The lowest BCUT2D eigenvalue weighted by Gasteiger charge is -2.33. The topological polar surface area (TPSA) is 16.1 Å². The number of hydrogen-bond acceptors (Lipinski definition) is 2. The number of hydrogen-bond donors (Lipinski definition) is 0. The third kappa shape index (κ3) is 2.58. The Bertz CT molecular complexity index is 398. The van der Waals surface area contributed by atoms with Crippen molar-refractivity contribution < 1.29 is 13.2 Å². The molecule has 0 radical (unpaired) electrons. The molecule has 2 rings (SSSR count). The number of nitrogens with zero attached hydrogens (tertiary/aromatic N) is 2. The molecule has 0 aliphatic carbocycles. The Morgan fingerprint density at radius 3 is 2.81 bits per heavy atom. The quantitative estimate of drug-likeness (QED) is 0.730. The molecule has 0 saturated carbocycles. The van der Waals surface area contributed by atoms with Crippen LogP contribution in [0.4, 0.5) is 19.0 Å². The van der Waals surface area contributed by atoms with Gasteiger partial charge in [0, 0.05) is 25.2 Å². The highest BCUT2D eigenvalue weighted by Gasteiger charge is 2.35. The molecule has 1 aromatic rings. The van der Waals surface area contributed by atoms with Crippen LogP contribution in [0.15, 0.2) is 12.3 Å². The van der Waals surface area contributed by atoms with Crippen LogP contribution in [0.25, 0.3) is 0 Å². The van der Waals surface area contributed by atoms with Crippen molar-refractivity contribution in [3.05, 3.63) is 21.7 Å². The summed E-state index contributed by atoms with van der Waals surface area (Å²) in [4.78, 5) is 5.41. The maximum absolute atomic E-state index is 13.3. The van der Waals surface area contributed by atoms with Gasteiger partial charge in [0.05, 0.1) is 10.1 Å². The van der Waals surface area contributed by atoms with Gasteiger partial charge in [-0.1, -0.05) is 0 Å². The molecule has 0 atom stereocenters. The fraction of sp³-hybridized carbons (Fsp3) is 0.500. The van der Waals surface area contributed by atoms with Crippen LogP contribution in [0, 0.1) is 9.39 Å². The summed E-state index contributed by atoms with van der Waals surface area (Å²) in [7, 11) is 0. The van der Waals surface area contributed by atoms with Gasteiger partial charge in [-0.3, -0.25) is 0 Å². The summed E-state index contributed by atoms with van der Waals surface area (Å²) in [6, 6.07) is 1.21. The van der Waals surface area contributed by atoms with Crippen LogP contribution in [0.3, 0.4) is 0 Å². The molecule has 1 saturated heterocycles. The molecule has 0 N–H and O–H groups in total. The molecule has 88 valence electrons. The van der Waals surface area contributed by atoms with E-state index >= 15 is 0 Å². The lowest BCUT2D eigenvalue weighted by Crippen LogP contribution is -2.43. The van der Waals surface area contributed by atoms with Gasteiger partial charge in [0.15, 0.2) is 0 Å². The summed E-state index contributed by atoms with van der Waals surface area (Å²) in [6.45, 7) is 0.128. The van der Waals surface area contributed by atoms with Crippen molar-refractivity contribution >= 4 is 28.4 Å². The lowest BCUT2D eigenvalue weighted by molar-refractivity contribution is -0.0118. The molecule has 2 heterocycles. The predicted molar refractivity (Wildman–Crippen MR) is 63.3 cm³/mol. The van der Waals surface area contributed by atoms with E-state index in [2.05, 4.69) is 4.98 Å². The van der Waals surface area contributed by atoms with Crippen LogP contribution in [-0.2, 0) is 0 Å². The van der Waals surface area contributed by atoms with Gasteiger partial charge in [0.25, 0.3) is 5.92 Å². The van der Waals surface area contributed by atoms with Crippen molar-refractivity contribution in [1.82, 2.24) is 4.98 Å². The first kappa shape index (κ1) is 11.9. The Hall–Kier alpha value is -0.530. The fourth-order valence-corrected chi connectivity index (χ4v) is 2.03. The van der Waals surface area contributed by atoms with E-state index in [0.717, 1.165) is 0 Å². The van der Waals surface area contributed by atoms with Gasteiger partial charge in [0.1, 0.15) is 11.6 Å². The third-order valence-electron chi connectivity index (χ3n) is 2.51. The van der Waals surface area contributed by atoms with Crippen molar-refractivity contribution in [2.45, 2.75) is 18.8 Å². The minimum Gasteiger partial charge on any atom is -0.350 e. The van der Waals surface area contributed by atoms with E-state index in [1.165, 1.54) is 17.2 Å². The van der Waals surface area contributed by atoms with E-state index in [1.807, 2.05) is 22.6 Å². The van der Waals surface area contributed by atoms with Crippen LogP contribution >= 0.6 is 22.6 Å². The highest BCUT2D eigenvalue weighted by molar-refractivity contribution is 14.1. The van der Waals surface area contributed by atoms with E-state index in [0.29, 0.717) is 16.5 Å². The first-order valence-electron chi connectivity index (χ1n) is 4.92. The third-order valence-corrected chi connectivity index (χ3v) is 3.30. The van der Waals surface area contributed by atoms with E-state index in [1.54, 1.807) is 0 Å². The second kappa shape index (κ2) is 4.38. The molecule has 0 unspecified atom stereocenters. The van der Waals surface area contributed by atoms with Gasteiger partial charge in [0.2, 0.25) is 0 Å². The van der Waals surface area contributed by atoms with Crippen molar-refractivity contribution in [1.29, 1.82) is 0 Å². The molecule has 0 spiro atoms. The molecule has 0 amide bonds. The molecular formula is C10H10F3IN2. The van der Waals surface area contributed by atoms with Gasteiger partial charge >= 0.3 is 0 Å². The Kier molecular flexibility index (Phi) is 3.27. The Morgan fingerprint density at radius 2 is 2.19 bits per heavy atom. The summed E-state index contributed by atoms with van der Waals surface area (Å²) in [5.41, 5.74) is 0. The van der Waals surface area contributed by atoms with Crippen LogP contribution < -0.4 is 4.90 Å². The second-order valence-electron chi connectivity index (χ2n) is 3.84. The maximum atomic E-state index is 13.3. The van der Waals surface area contributed by atoms with Gasteiger partial charge < -0.3 is 4.90 Å². The van der Waals surface area contributed by atoms with Gasteiger partial charge in [-0.25, -0.2) is 18.2 Å². The number of anilines is 1. The highest BCUT2D eigenvalue weighted by Crippen LogP contribution is 2.29. The molecule has 1 aromatic heterocycles. The van der Waals surface area contributed by atoms with Gasteiger partial charge in [-0.15, -0.1) is 0 Å². The summed E-state index contributed by atoms with van der Waals surface area (Å²) < 4.78 is 40.0. The minimum absolute atomic E-state index is 0.101. The molecule has 1 fully saturated rings. The SMILES string of the molecule is Fc1cc(N2CCCC(F)(F)C2)ncc1I. The zero-order valence-corrected chi connectivity index (χ0v) is 10.5. The van der Waals surface area contributed by atoms with Crippen LogP contribution in [0.2, 0.25) is 0 Å². The first-order chi connectivity index (χ1) is 7.48. The van der Waals surface area contributed by atoms with Crippen molar-refractivity contribution in [2.75, 3.05) is 18.0 Å². The number of rotatable bonds is 1. The number of alkyl halides is 2. The number of pyridine rings is 1. The van der Waals surface area contributed by atoms with Gasteiger partial charge in [-0.05, 0) is 29.0 Å². The molecule has 0 aromatic carbocycles. The highest BCUT2D eigenvalue weighted by atomic mass is 127.